The number of hydrogen-bond acceptors (Lipinski definition) is 3. The smallest absolute Gasteiger partial charge is 0.191 e. The Hall–Kier alpha value is -1.83. The van der Waals surface area contributed by atoms with Gasteiger partial charge in [0.15, 0.2) is 5.96 Å². The van der Waals surface area contributed by atoms with Gasteiger partial charge in [0.2, 0.25) is 0 Å². The van der Waals surface area contributed by atoms with Crippen molar-refractivity contribution in [2.24, 2.45) is 4.99 Å². The minimum absolute atomic E-state index is 0. The minimum atomic E-state index is 0. The first kappa shape index (κ1) is 23.2. The van der Waals surface area contributed by atoms with Crippen LogP contribution in [0.1, 0.15) is 43.1 Å². The molecular weight excluding hydrogens is 451 g/mol. The SMILES string of the molecule is CCNC(=NCc1cccc(C)n1)NCCC(C)c1ccc(OC)cc1.I. The van der Waals surface area contributed by atoms with E-state index in [2.05, 4.69) is 46.6 Å². The molecule has 0 saturated heterocycles. The number of methoxy groups -OCH3 is 1. The molecule has 0 amide bonds. The Labute approximate surface area is 180 Å². The van der Waals surface area contributed by atoms with E-state index in [1.807, 2.05) is 37.3 Å². The highest BCUT2D eigenvalue weighted by Gasteiger charge is 2.06. The first-order valence-electron chi connectivity index (χ1n) is 9.21. The molecule has 1 unspecified atom stereocenters. The maximum Gasteiger partial charge on any atom is 0.191 e. The zero-order valence-corrected chi connectivity index (χ0v) is 19.0. The van der Waals surface area contributed by atoms with Crippen LogP contribution in [0.5, 0.6) is 5.75 Å². The van der Waals surface area contributed by atoms with Crippen molar-refractivity contribution in [3.63, 3.8) is 0 Å². The normalized spacial score (nSPS) is 12.1. The third-order valence-electron chi connectivity index (χ3n) is 4.24. The quantitative estimate of drug-likeness (QED) is 0.335. The fourth-order valence-corrected chi connectivity index (χ4v) is 2.70. The van der Waals surface area contributed by atoms with Gasteiger partial charge in [-0.2, -0.15) is 0 Å². The molecule has 6 heteroatoms. The number of nitrogens with one attached hydrogen (secondary N) is 2. The molecule has 5 nitrogen and oxygen atoms in total. The number of pyridine rings is 1. The predicted octanol–water partition coefficient (Wildman–Crippen LogP) is 4.27. The van der Waals surface area contributed by atoms with Crippen LogP contribution >= 0.6 is 24.0 Å². The molecule has 0 saturated carbocycles. The van der Waals surface area contributed by atoms with Crippen molar-refractivity contribution in [2.75, 3.05) is 20.2 Å². The zero-order chi connectivity index (χ0) is 18.8. The fraction of sp³-hybridized carbons (Fsp3) is 0.429. The summed E-state index contributed by atoms with van der Waals surface area (Å²) in [7, 11) is 1.69. The Morgan fingerprint density at radius 1 is 1.15 bits per heavy atom. The van der Waals surface area contributed by atoms with Crippen molar-refractivity contribution < 1.29 is 4.74 Å². The van der Waals surface area contributed by atoms with Crippen LogP contribution in [0.3, 0.4) is 0 Å². The van der Waals surface area contributed by atoms with Gasteiger partial charge in [-0.25, -0.2) is 4.99 Å². The maximum absolute atomic E-state index is 5.22. The van der Waals surface area contributed by atoms with E-state index in [0.717, 1.165) is 42.6 Å². The lowest BCUT2D eigenvalue weighted by atomic mass is 9.98. The lowest BCUT2D eigenvalue weighted by Crippen LogP contribution is -2.38. The summed E-state index contributed by atoms with van der Waals surface area (Å²) < 4.78 is 5.22. The van der Waals surface area contributed by atoms with Gasteiger partial charge in [-0.05, 0) is 56.0 Å². The molecule has 0 fully saturated rings. The predicted molar refractivity (Wildman–Crippen MR) is 123 cm³/mol. The number of aromatic nitrogens is 1. The Morgan fingerprint density at radius 2 is 1.89 bits per heavy atom. The first-order valence-corrected chi connectivity index (χ1v) is 9.21. The number of aliphatic imine (C=N–C) groups is 1. The Bertz CT molecular complexity index is 704. The third-order valence-corrected chi connectivity index (χ3v) is 4.24. The van der Waals surface area contributed by atoms with Gasteiger partial charge in [0.1, 0.15) is 5.75 Å². The van der Waals surface area contributed by atoms with Crippen molar-refractivity contribution in [1.82, 2.24) is 15.6 Å². The molecule has 1 aromatic carbocycles. The summed E-state index contributed by atoms with van der Waals surface area (Å²) in [6.45, 7) is 8.58. The summed E-state index contributed by atoms with van der Waals surface area (Å²) in [5, 5.41) is 6.71. The van der Waals surface area contributed by atoms with Gasteiger partial charge in [-0.1, -0.05) is 25.1 Å². The van der Waals surface area contributed by atoms with E-state index in [-0.39, 0.29) is 24.0 Å². The summed E-state index contributed by atoms with van der Waals surface area (Å²) >= 11 is 0. The zero-order valence-electron chi connectivity index (χ0n) is 16.7. The highest BCUT2D eigenvalue weighted by molar-refractivity contribution is 14.0. The van der Waals surface area contributed by atoms with E-state index in [1.54, 1.807) is 7.11 Å². The molecule has 0 aliphatic rings. The van der Waals surface area contributed by atoms with Crippen molar-refractivity contribution in [3.05, 3.63) is 59.4 Å². The van der Waals surface area contributed by atoms with Gasteiger partial charge in [-0.15, -0.1) is 24.0 Å². The molecular formula is C21H31IN4O. The monoisotopic (exact) mass is 482 g/mol. The van der Waals surface area contributed by atoms with Crippen molar-refractivity contribution in [3.8, 4) is 5.75 Å². The van der Waals surface area contributed by atoms with Crippen LogP contribution in [0.15, 0.2) is 47.5 Å². The average molecular weight is 482 g/mol. The second-order valence-electron chi connectivity index (χ2n) is 6.36. The van der Waals surface area contributed by atoms with E-state index < -0.39 is 0 Å². The van der Waals surface area contributed by atoms with Gasteiger partial charge in [0.25, 0.3) is 0 Å². The molecule has 1 heterocycles. The van der Waals surface area contributed by atoms with Crippen LogP contribution in [0.4, 0.5) is 0 Å². The lowest BCUT2D eigenvalue weighted by molar-refractivity contribution is 0.414. The molecule has 1 atom stereocenters. The molecule has 0 aliphatic carbocycles. The molecule has 1 aromatic heterocycles. The molecule has 0 spiro atoms. The summed E-state index contributed by atoms with van der Waals surface area (Å²) in [4.78, 5) is 9.13. The molecule has 148 valence electrons. The first-order chi connectivity index (χ1) is 12.6. The second-order valence-corrected chi connectivity index (χ2v) is 6.36. The lowest BCUT2D eigenvalue weighted by Gasteiger charge is -2.15. The summed E-state index contributed by atoms with van der Waals surface area (Å²) in [5.74, 6) is 2.19. The number of rotatable bonds is 8. The molecule has 0 aliphatic heterocycles. The van der Waals surface area contributed by atoms with E-state index in [0.29, 0.717) is 12.5 Å². The number of aryl methyl sites for hydroxylation is 1. The Kier molecular flexibility index (Phi) is 10.8. The molecule has 0 radical (unpaired) electrons. The molecule has 0 bridgehead atoms. The van der Waals surface area contributed by atoms with Gasteiger partial charge in [-0.3, -0.25) is 4.98 Å². The van der Waals surface area contributed by atoms with Crippen LogP contribution in [-0.4, -0.2) is 31.1 Å². The number of guanidine groups is 1. The molecule has 27 heavy (non-hydrogen) atoms. The summed E-state index contributed by atoms with van der Waals surface area (Å²) in [6, 6.07) is 14.3. The topological polar surface area (TPSA) is 58.5 Å². The van der Waals surface area contributed by atoms with Crippen LogP contribution in [0.25, 0.3) is 0 Å². The molecule has 2 rings (SSSR count). The number of nitrogens with zero attached hydrogens (tertiary/aromatic N) is 2. The van der Waals surface area contributed by atoms with Crippen molar-refractivity contribution in [2.45, 2.75) is 39.7 Å². The number of halogens is 1. The minimum Gasteiger partial charge on any atom is -0.497 e. The van der Waals surface area contributed by atoms with E-state index in [9.17, 15) is 0 Å². The summed E-state index contributed by atoms with van der Waals surface area (Å²) in [6.07, 6.45) is 1.03. The number of hydrogen-bond donors (Lipinski definition) is 2. The van der Waals surface area contributed by atoms with Gasteiger partial charge in [0, 0.05) is 18.8 Å². The van der Waals surface area contributed by atoms with Crippen molar-refractivity contribution in [1.29, 1.82) is 0 Å². The van der Waals surface area contributed by atoms with Crippen LogP contribution in [-0.2, 0) is 6.54 Å². The van der Waals surface area contributed by atoms with Crippen LogP contribution in [0.2, 0.25) is 0 Å². The number of benzene rings is 1. The standard InChI is InChI=1S/C21H30N4O.HI/c1-5-22-21(24-15-19-8-6-7-17(3)25-19)23-14-13-16(2)18-9-11-20(26-4)12-10-18;/h6-12,16H,5,13-15H2,1-4H3,(H2,22,23,24);1H. The van der Waals surface area contributed by atoms with Crippen molar-refractivity contribution >= 4 is 29.9 Å². The second kappa shape index (κ2) is 12.5. The highest BCUT2D eigenvalue weighted by Crippen LogP contribution is 2.21. The highest BCUT2D eigenvalue weighted by atomic mass is 127. The van der Waals surface area contributed by atoms with Gasteiger partial charge >= 0.3 is 0 Å². The Balaban J connectivity index is 0.00000364. The number of ether oxygens (including phenoxy) is 1. The fourth-order valence-electron chi connectivity index (χ4n) is 2.70. The van der Waals surface area contributed by atoms with Crippen LogP contribution in [0, 0.1) is 6.92 Å². The molecule has 2 N–H and O–H groups in total. The average Bonchev–Trinajstić information content (AvgIpc) is 2.66. The third kappa shape index (κ3) is 8.15. The Morgan fingerprint density at radius 3 is 2.52 bits per heavy atom. The van der Waals surface area contributed by atoms with Gasteiger partial charge in [0.05, 0.1) is 19.3 Å². The van der Waals surface area contributed by atoms with Crippen LogP contribution < -0.4 is 15.4 Å². The van der Waals surface area contributed by atoms with E-state index >= 15 is 0 Å². The van der Waals surface area contributed by atoms with Gasteiger partial charge < -0.3 is 15.4 Å². The van der Waals surface area contributed by atoms with E-state index in [4.69, 9.17) is 4.74 Å². The van der Waals surface area contributed by atoms with E-state index in [1.165, 1.54) is 5.56 Å². The molecule has 2 aromatic rings. The maximum atomic E-state index is 5.22. The largest absolute Gasteiger partial charge is 0.497 e. The summed E-state index contributed by atoms with van der Waals surface area (Å²) in [5.41, 5.74) is 3.32.